The number of nitrogens with two attached hydrogens (primary N) is 1. The average molecular weight is 537 g/mol. The molecular formula is C34H52N2OS. The van der Waals surface area contributed by atoms with Crippen molar-refractivity contribution in [2.75, 3.05) is 6.26 Å². The maximum Gasteiger partial charge on any atom is 0.247 e. The van der Waals surface area contributed by atoms with Crippen LogP contribution in [0.1, 0.15) is 102 Å². The smallest absolute Gasteiger partial charge is 0.247 e. The van der Waals surface area contributed by atoms with Gasteiger partial charge in [-0.1, -0.05) is 113 Å². The van der Waals surface area contributed by atoms with E-state index in [0.29, 0.717) is 6.54 Å². The monoisotopic (exact) mass is 536 g/mol. The molecule has 4 heteroatoms. The van der Waals surface area contributed by atoms with E-state index in [4.69, 9.17) is 5.14 Å². The summed E-state index contributed by atoms with van der Waals surface area (Å²) < 4.78 is 0. The lowest BCUT2D eigenvalue weighted by Gasteiger charge is -2.42. The summed E-state index contributed by atoms with van der Waals surface area (Å²) in [5.74, 6) is -0.0198. The summed E-state index contributed by atoms with van der Waals surface area (Å²) in [6.07, 6.45) is 9.23. The van der Waals surface area contributed by atoms with Crippen LogP contribution >= 0.6 is 11.9 Å². The van der Waals surface area contributed by atoms with E-state index in [1.54, 1.807) is 0 Å². The highest BCUT2D eigenvalue weighted by molar-refractivity contribution is 7.96. The highest BCUT2D eigenvalue weighted by atomic mass is 32.2. The molecule has 0 saturated heterocycles. The second kappa shape index (κ2) is 15.3. The SMILES string of the molecule is C/C(=C\C=C(/C)C(=O)NCc1ccc(C)cc1)Cc1cc2c(cc1C)C(C)(C)CCC2(C)C.CC.CSN. The van der Waals surface area contributed by atoms with E-state index in [-0.39, 0.29) is 16.7 Å². The van der Waals surface area contributed by atoms with Crippen molar-refractivity contribution in [3.05, 3.63) is 93.1 Å². The first-order valence-corrected chi connectivity index (χ1v) is 15.1. The van der Waals surface area contributed by atoms with Crippen LogP contribution < -0.4 is 10.5 Å². The lowest BCUT2D eigenvalue weighted by atomic mass is 9.62. The summed E-state index contributed by atoms with van der Waals surface area (Å²) in [5.41, 5.74) is 10.6. The molecule has 0 aliphatic heterocycles. The number of amides is 1. The van der Waals surface area contributed by atoms with Crippen molar-refractivity contribution in [2.24, 2.45) is 5.14 Å². The van der Waals surface area contributed by atoms with Crippen LogP contribution in [0.25, 0.3) is 0 Å². The molecular weight excluding hydrogens is 484 g/mol. The van der Waals surface area contributed by atoms with Gasteiger partial charge in [-0.05, 0) is 91.9 Å². The molecule has 0 bridgehead atoms. The lowest BCUT2D eigenvalue weighted by Crippen LogP contribution is -2.34. The number of carbonyl (C=O) groups is 1. The van der Waals surface area contributed by atoms with Gasteiger partial charge < -0.3 is 5.32 Å². The largest absolute Gasteiger partial charge is 0.348 e. The molecule has 2 aromatic rings. The minimum absolute atomic E-state index is 0.0198. The third-order valence-corrected chi connectivity index (χ3v) is 7.33. The molecule has 1 aliphatic carbocycles. The first-order valence-electron chi connectivity index (χ1n) is 13.9. The van der Waals surface area contributed by atoms with Crippen LogP contribution in [-0.2, 0) is 28.6 Å². The van der Waals surface area contributed by atoms with Crippen LogP contribution in [0, 0.1) is 13.8 Å². The molecule has 0 atom stereocenters. The summed E-state index contributed by atoms with van der Waals surface area (Å²) in [4.78, 5) is 12.5. The van der Waals surface area contributed by atoms with Gasteiger partial charge in [0.1, 0.15) is 0 Å². The standard InChI is InChI=1S/C31H41NO.C2H6.CH5NS/c1-21-10-13-25(14-11-21)20-32-29(33)23(3)12-9-22(2)17-26-19-28-27(18-24(26)4)30(5,6)15-16-31(28,7)8;1-2;1-3-2/h9-14,18-19H,15-17,20H2,1-8H3,(H,32,33);1-2H3;2H2,1H3/b22-9+,23-12+;;. The number of hydrogen-bond acceptors (Lipinski definition) is 3. The molecule has 0 radical (unpaired) electrons. The molecule has 0 heterocycles. The number of allylic oxidation sites excluding steroid dienone is 3. The minimum Gasteiger partial charge on any atom is -0.348 e. The van der Waals surface area contributed by atoms with Crippen molar-refractivity contribution in [3.63, 3.8) is 0 Å². The molecule has 3 rings (SSSR count). The zero-order valence-corrected chi connectivity index (χ0v) is 26.7. The quantitative estimate of drug-likeness (QED) is 0.221. The molecule has 3 N–H and O–H groups in total. The highest BCUT2D eigenvalue weighted by Crippen LogP contribution is 2.46. The van der Waals surface area contributed by atoms with Gasteiger partial charge in [-0.15, -0.1) is 0 Å². The van der Waals surface area contributed by atoms with Crippen molar-refractivity contribution < 1.29 is 4.79 Å². The van der Waals surface area contributed by atoms with Gasteiger partial charge >= 0.3 is 0 Å². The van der Waals surface area contributed by atoms with Crippen molar-refractivity contribution in [3.8, 4) is 0 Å². The summed E-state index contributed by atoms with van der Waals surface area (Å²) in [6, 6.07) is 13.1. The fourth-order valence-corrected chi connectivity index (χ4v) is 4.69. The summed E-state index contributed by atoms with van der Waals surface area (Å²) in [5, 5.41) is 7.78. The number of nitrogens with one attached hydrogen (secondary N) is 1. The fraction of sp³-hybridized carbons (Fsp3) is 0.500. The normalized spacial score (nSPS) is 15.8. The lowest BCUT2D eigenvalue weighted by molar-refractivity contribution is -0.117. The molecule has 0 aromatic heterocycles. The number of benzene rings is 2. The van der Waals surface area contributed by atoms with E-state index in [2.05, 4.69) is 96.3 Å². The van der Waals surface area contributed by atoms with E-state index in [1.807, 2.05) is 33.1 Å². The van der Waals surface area contributed by atoms with Gasteiger partial charge in [0.25, 0.3) is 0 Å². The summed E-state index contributed by atoms with van der Waals surface area (Å²) >= 11 is 1.25. The second-order valence-corrected chi connectivity index (χ2v) is 12.0. The Hall–Kier alpha value is -2.30. The van der Waals surface area contributed by atoms with Crippen LogP contribution in [0.3, 0.4) is 0 Å². The van der Waals surface area contributed by atoms with E-state index < -0.39 is 0 Å². The van der Waals surface area contributed by atoms with Crippen LogP contribution in [0.2, 0.25) is 0 Å². The average Bonchev–Trinajstić information content (AvgIpc) is 2.87. The topological polar surface area (TPSA) is 55.1 Å². The highest BCUT2D eigenvalue weighted by Gasteiger charge is 2.37. The molecule has 2 aromatic carbocycles. The van der Waals surface area contributed by atoms with Crippen molar-refractivity contribution >= 4 is 17.9 Å². The van der Waals surface area contributed by atoms with Gasteiger partial charge in [0.05, 0.1) is 0 Å². The van der Waals surface area contributed by atoms with Gasteiger partial charge in [0, 0.05) is 12.1 Å². The summed E-state index contributed by atoms with van der Waals surface area (Å²) in [7, 11) is 0. The van der Waals surface area contributed by atoms with Crippen LogP contribution in [0.4, 0.5) is 0 Å². The molecule has 0 unspecified atom stereocenters. The van der Waals surface area contributed by atoms with Crippen LogP contribution in [-0.4, -0.2) is 12.2 Å². The van der Waals surface area contributed by atoms with Crippen molar-refractivity contribution in [1.82, 2.24) is 5.32 Å². The minimum atomic E-state index is -0.0198. The van der Waals surface area contributed by atoms with Gasteiger partial charge in [-0.3, -0.25) is 9.93 Å². The molecule has 1 aliphatic rings. The van der Waals surface area contributed by atoms with Gasteiger partial charge in [-0.2, -0.15) is 0 Å². The van der Waals surface area contributed by atoms with Crippen LogP contribution in [0.15, 0.2) is 59.7 Å². The Bertz CT molecular complexity index is 1110. The van der Waals surface area contributed by atoms with Crippen LogP contribution in [0.5, 0.6) is 0 Å². The maximum absolute atomic E-state index is 12.5. The number of carbonyl (C=O) groups excluding carboxylic acids is 1. The Morgan fingerprint density at radius 1 is 0.947 bits per heavy atom. The Kier molecular flexibility index (Phi) is 13.6. The Morgan fingerprint density at radius 3 is 1.97 bits per heavy atom. The molecule has 0 fully saturated rings. The van der Waals surface area contributed by atoms with E-state index in [9.17, 15) is 4.79 Å². The van der Waals surface area contributed by atoms with Gasteiger partial charge in [0.2, 0.25) is 5.91 Å². The molecule has 0 spiro atoms. The fourth-order valence-electron chi connectivity index (χ4n) is 4.69. The second-order valence-electron chi connectivity index (χ2n) is 11.5. The zero-order chi connectivity index (χ0) is 29.1. The number of rotatable bonds is 6. The Balaban J connectivity index is 0.00000135. The van der Waals surface area contributed by atoms with Gasteiger partial charge in [-0.25, -0.2) is 0 Å². The molecule has 210 valence electrons. The number of fused-ring (bicyclic) bond motifs is 1. The van der Waals surface area contributed by atoms with E-state index >= 15 is 0 Å². The summed E-state index contributed by atoms with van der Waals surface area (Å²) in [6.45, 7) is 22.4. The first kappa shape index (κ1) is 33.7. The maximum atomic E-state index is 12.5. The molecule has 3 nitrogen and oxygen atoms in total. The van der Waals surface area contributed by atoms with E-state index in [0.717, 1.165) is 17.6 Å². The number of aryl methyl sites for hydroxylation is 2. The van der Waals surface area contributed by atoms with E-state index in [1.165, 1.54) is 58.2 Å². The Labute approximate surface area is 237 Å². The van der Waals surface area contributed by atoms with Gasteiger partial charge in [0.15, 0.2) is 0 Å². The zero-order valence-electron chi connectivity index (χ0n) is 25.8. The molecule has 38 heavy (non-hydrogen) atoms. The third kappa shape index (κ3) is 9.78. The third-order valence-electron chi connectivity index (χ3n) is 7.33. The number of hydrogen-bond donors (Lipinski definition) is 2. The molecule has 0 saturated carbocycles. The predicted molar refractivity (Wildman–Crippen MR) is 170 cm³/mol. The van der Waals surface area contributed by atoms with Crippen molar-refractivity contribution in [2.45, 2.75) is 106 Å². The predicted octanol–water partition coefficient (Wildman–Crippen LogP) is 8.65. The molecule has 1 amide bonds. The first-order chi connectivity index (χ1) is 17.8. The Morgan fingerprint density at radius 2 is 1.45 bits per heavy atom. The van der Waals surface area contributed by atoms with Crippen molar-refractivity contribution in [1.29, 1.82) is 0 Å².